The van der Waals surface area contributed by atoms with Gasteiger partial charge in [-0.25, -0.2) is 0 Å². The second-order valence-corrected chi connectivity index (χ2v) is 4.67. The highest BCUT2D eigenvalue weighted by Gasteiger charge is 2.15. The molecule has 1 aromatic heterocycles. The number of nitrogens with two attached hydrogens (primary N) is 1. The Balaban J connectivity index is 2.14. The molecule has 0 bridgehead atoms. The van der Waals surface area contributed by atoms with Crippen molar-refractivity contribution in [3.8, 4) is 5.75 Å². The van der Waals surface area contributed by atoms with E-state index in [4.69, 9.17) is 5.73 Å². The molecule has 0 amide bonds. The number of aromatic nitrogens is 3. The van der Waals surface area contributed by atoms with Crippen LogP contribution in [0.25, 0.3) is 0 Å². The molecule has 0 aliphatic heterocycles. The van der Waals surface area contributed by atoms with Gasteiger partial charge in [-0.1, -0.05) is 12.1 Å². The first kappa shape index (κ1) is 12.6. The van der Waals surface area contributed by atoms with Crippen LogP contribution in [-0.2, 0) is 6.42 Å². The van der Waals surface area contributed by atoms with Crippen LogP contribution >= 0.6 is 0 Å². The number of phenolic OH excluding ortho intramolecular Hbond substituents is 1. The van der Waals surface area contributed by atoms with Crippen LogP contribution in [0.15, 0.2) is 30.6 Å². The molecule has 0 saturated heterocycles. The van der Waals surface area contributed by atoms with Crippen molar-refractivity contribution in [3.05, 3.63) is 42.0 Å². The van der Waals surface area contributed by atoms with E-state index >= 15 is 0 Å². The first-order valence-corrected chi connectivity index (χ1v) is 6.01. The lowest BCUT2D eigenvalue weighted by Gasteiger charge is -2.15. The van der Waals surface area contributed by atoms with E-state index in [9.17, 15) is 5.11 Å². The number of nitrogens with zero attached hydrogens (tertiary/aromatic N) is 3. The average Bonchev–Trinajstić information content (AvgIpc) is 2.81. The van der Waals surface area contributed by atoms with Gasteiger partial charge >= 0.3 is 0 Å². The molecule has 5 heteroatoms. The number of hydrogen-bond acceptors (Lipinski definition) is 4. The third kappa shape index (κ3) is 2.68. The van der Waals surface area contributed by atoms with Crippen molar-refractivity contribution in [3.63, 3.8) is 0 Å². The van der Waals surface area contributed by atoms with Crippen molar-refractivity contribution >= 4 is 0 Å². The Labute approximate surface area is 106 Å². The Bertz CT molecular complexity index is 504. The molecule has 2 aromatic rings. The average molecular weight is 246 g/mol. The summed E-state index contributed by atoms with van der Waals surface area (Å²) in [5, 5.41) is 17.2. The summed E-state index contributed by atoms with van der Waals surface area (Å²) in [6.07, 6.45) is 2.38. The van der Waals surface area contributed by atoms with Crippen LogP contribution in [-0.4, -0.2) is 19.9 Å². The maximum absolute atomic E-state index is 9.23. The van der Waals surface area contributed by atoms with Gasteiger partial charge in [0, 0.05) is 6.04 Å². The van der Waals surface area contributed by atoms with Crippen LogP contribution in [0.1, 0.15) is 37.3 Å². The van der Waals surface area contributed by atoms with Crippen LogP contribution in [0.4, 0.5) is 0 Å². The summed E-state index contributed by atoms with van der Waals surface area (Å²) >= 11 is 0. The van der Waals surface area contributed by atoms with Gasteiger partial charge in [-0.3, -0.25) is 0 Å². The van der Waals surface area contributed by atoms with Crippen LogP contribution in [0, 0.1) is 0 Å². The standard InChI is InChI=1S/C13H18N4O/c1-9(2)17-8-15-16-13(17)12(14)7-10-3-5-11(18)6-4-10/h3-6,8-9,12,18H,7,14H2,1-2H3. The molecule has 0 aliphatic rings. The number of phenols is 1. The van der Waals surface area contributed by atoms with Crippen LogP contribution in [0.2, 0.25) is 0 Å². The maximum Gasteiger partial charge on any atom is 0.150 e. The van der Waals surface area contributed by atoms with Gasteiger partial charge in [0.05, 0.1) is 6.04 Å². The van der Waals surface area contributed by atoms with Gasteiger partial charge in [0.1, 0.15) is 17.9 Å². The Morgan fingerprint density at radius 1 is 1.28 bits per heavy atom. The van der Waals surface area contributed by atoms with E-state index in [1.54, 1.807) is 18.5 Å². The molecule has 1 unspecified atom stereocenters. The first-order chi connectivity index (χ1) is 8.58. The lowest BCUT2D eigenvalue weighted by atomic mass is 10.1. The van der Waals surface area contributed by atoms with Gasteiger partial charge < -0.3 is 15.4 Å². The van der Waals surface area contributed by atoms with Crippen molar-refractivity contribution in [1.29, 1.82) is 0 Å². The Morgan fingerprint density at radius 2 is 1.94 bits per heavy atom. The highest BCUT2D eigenvalue weighted by atomic mass is 16.3. The topological polar surface area (TPSA) is 77.0 Å². The molecule has 1 atom stereocenters. The molecule has 0 radical (unpaired) electrons. The molecule has 0 aliphatic carbocycles. The van der Waals surface area contributed by atoms with E-state index in [1.807, 2.05) is 16.7 Å². The quantitative estimate of drug-likeness (QED) is 0.862. The van der Waals surface area contributed by atoms with Crippen molar-refractivity contribution in [1.82, 2.24) is 14.8 Å². The molecule has 2 rings (SSSR count). The zero-order valence-electron chi connectivity index (χ0n) is 10.6. The van der Waals surface area contributed by atoms with Gasteiger partial charge in [0.25, 0.3) is 0 Å². The van der Waals surface area contributed by atoms with E-state index in [2.05, 4.69) is 24.0 Å². The smallest absolute Gasteiger partial charge is 0.150 e. The minimum Gasteiger partial charge on any atom is -0.508 e. The van der Waals surface area contributed by atoms with Crippen molar-refractivity contribution < 1.29 is 5.11 Å². The minimum absolute atomic E-state index is 0.195. The lowest BCUT2D eigenvalue weighted by Crippen LogP contribution is -2.19. The predicted octanol–water partition coefficient (Wildman–Crippen LogP) is 1.81. The summed E-state index contributed by atoms with van der Waals surface area (Å²) < 4.78 is 1.98. The normalized spacial score (nSPS) is 12.9. The van der Waals surface area contributed by atoms with E-state index in [1.165, 1.54) is 0 Å². The second-order valence-electron chi connectivity index (χ2n) is 4.67. The SMILES string of the molecule is CC(C)n1cnnc1C(N)Cc1ccc(O)cc1. The summed E-state index contributed by atoms with van der Waals surface area (Å²) in [6.45, 7) is 4.14. The Kier molecular flexibility index (Phi) is 3.62. The molecular weight excluding hydrogens is 228 g/mol. The highest BCUT2D eigenvalue weighted by Crippen LogP contribution is 2.18. The molecule has 96 valence electrons. The third-order valence-corrected chi connectivity index (χ3v) is 2.88. The number of rotatable bonds is 4. The predicted molar refractivity (Wildman–Crippen MR) is 69.1 cm³/mol. The minimum atomic E-state index is -0.195. The summed E-state index contributed by atoms with van der Waals surface area (Å²) in [5.74, 6) is 1.05. The number of hydrogen-bond donors (Lipinski definition) is 2. The van der Waals surface area contributed by atoms with Gasteiger partial charge in [-0.15, -0.1) is 10.2 Å². The van der Waals surface area contributed by atoms with Gasteiger partial charge in [-0.2, -0.15) is 0 Å². The fourth-order valence-corrected chi connectivity index (χ4v) is 1.89. The largest absolute Gasteiger partial charge is 0.508 e. The lowest BCUT2D eigenvalue weighted by molar-refractivity contribution is 0.475. The highest BCUT2D eigenvalue weighted by molar-refractivity contribution is 5.26. The van der Waals surface area contributed by atoms with E-state index in [-0.39, 0.29) is 11.8 Å². The fraction of sp³-hybridized carbons (Fsp3) is 0.385. The molecule has 0 fully saturated rings. The van der Waals surface area contributed by atoms with E-state index in [0.717, 1.165) is 11.4 Å². The summed E-state index contributed by atoms with van der Waals surface area (Å²) in [6, 6.07) is 7.15. The molecule has 1 heterocycles. The monoisotopic (exact) mass is 246 g/mol. The van der Waals surface area contributed by atoms with Crippen LogP contribution in [0.5, 0.6) is 5.75 Å². The third-order valence-electron chi connectivity index (χ3n) is 2.88. The van der Waals surface area contributed by atoms with Crippen molar-refractivity contribution in [2.24, 2.45) is 5.73 Å². The molecule has 0 spiro atoms. The fourth-order valence-electron chi connectivity index (χ4n) is 1.89. The molecule has 0 saturated carbocycles. The molecular formula is C13H18N4O. The summed E-state index contributed by atoms with van der Waals surface area (Å²) in [5.41, 5.74) is 7.23. The molecule has 18 heavy (non-hydrogen) atoms. The first-order valence-electron chi connectivity index (χ1n) is 6.01. The molecule has 1 aromatic carbocycles. The summed E-state index contributed by atoms with van der Waals surface area (Å²) in [4.78, 5) is 0. The van der Waals surface area contributed by atoms with Gasteiger partial charge in [-0.05, 0) is 38.0 Å². The van der Waals surface area contributed by atoms with Gasteiger partial charge in [0.15, 0.2) is 0 Å². The van der Waals surface area contributed by atoms with E-state index < -0.39 is 0 Å². The van der Waals surface area contributed by atoms with Gasteiger partial charge in [0.2, 0.25) is 0 Å². The van der Waals surface area contributed by atoms with Crippen LogP contribution < -0.4 is 5.73 Å². The number of aromatic hydroxyl groups is 1. The van der Waals surface area contributed by atoms with Crippen molar-refractivity contribution in [2.45, 2.75) is 32.4 Å². The van der Waals surface area contributed by atoms with Crippen molar-refractivity contribution in [2.75, 3.05) is 0 Å². The Morgan fingerprint density at radius 3 is 2.56 bits per heavy atom. The van der Waals surface area contributed by atoms with Crippen LogP contribution in [0.3, 0.4) is 0 Å². The van der Waals surface area contributed by atoms with E-state index in [0.29, 0.717) is 12.5 Å². The number of benzene rings is 1. The second kappa shape index (κ2) is 5.18. The Hall–Kier alpha value is -1.88. The molecule has 3 N–H and O–H groups in total. The zero-order valence-corrected chi connectivity index (χ0v) is 10.6. The summed E-state index contributed by atoms with van der Waals surface area (Å²) in [7, 11) is 0. The maximum atomic E-state index is 9.23. The zero-order chi connectivity index (χ0) is 13.1. The molecule has 5 nitrogen and oxygen atoms in total.